The van der Waals surface area contributed by atoms with Crippen LogP contribution in [0.4, 0.5) is 0 Å². The molecule has 7 heteroatoms. The molecular weight excluding hydrogens is 484 g/mol. The average Bonchev–Trinajstić information content (AvgIpc) is 3.45. The van der Waals surface area contributed by atoms with E-state index in [2.05, 4.69) is 10.6 Å². The zero-order valence-corrected chi connectivity index (χ0v) is 21.7. The molecule has 0 saturated carbocycles. The highest BCUT2D eigenvalue weighted by molar-refractivity contribution is 7.10. The van der Waals surface area contributed by atoms with E-state index in [1.165, 1.54) is 25.6 Å². The third-order valence-electron chi connectivity index (χ3n) is 5.79. The maximum atomic E-state index is 13.6. The number of aryl methyl sites for hydroxylation is 1. The van der Waals surface area contributed by atoms with E-state index in [0.29, 0.717) is 17.1 Å². The first-order chi connectivity index (χ1) is 18.0. The maximum absolute atomic E-state index is 13.6. The minimum atomic E-state index is -0.439. The molecule has 0 saturated heterocycles. The van der Waals surface area contributed by atoms with Crippen LogP contribution < -0.4 is 20.1 Å². The van der Waals surface area contributed by atoms with Crippen molar-refractivity contribution in [1.82, 2.24) is 10.6 Å². The molecule has 0 spiro atoms. The number of thiophene rings is 1. The predicted octanol–water partition coefficient (Wildman–Crippen LogP) is 5.75. The molecule has 0 bridgehead atoms. The summed E-state index contributed by atoms with van der Waals surface area (Å²) >= 11 is 1.47. The second-order valence-electron chi connectivity index (χ2n) is 8.33. The largest absolute Gasteiger partial charge is 0.493 e. The Morgan fingerprint density at radius 3 is 2.19 bits per heavy atom. The molecule has 1 atom stereocenters. The van der Waals surface area contributed by atoms with E-state index >= 15 is 0 Å². The van der Waals surface area contributed by atoms with E-state index in [0.717, 1.165) is 21.6 Å². The Morgan fingerprint density at radius 1 is 0.838 bits per heavy atom. The maximum Gasteiger partial charge on any atom is 0.268 e. The summed E-state index contributed by atoms with van der Waals surface area (Å²) in [5.74, 6) is 0.0870. The Kier molecular flexibility index (Phi) is 8.38. The lowest BCUT2D eigenvalue weighted by molar-refractivity contribution is -0.118. The molecular formula is C30H28N2O4S. The first kappa shape index (κ1) is 25.7. The van der Waals surface area contributed by atoms with Gasteiger partial charge in [0.25, 0.3) is 11.8 Å². The average molecular weight is 513 g/mol. The number of benzene rings is 3. The molecule has 4 rings (SSSR count). The minimum absolute atomic E-state index is 0.135. The molecule has 3 aromatic carbocycles. The van der Waals surface area contributed by atoms with E-state index in [1.54, 1.807) is 24.3 Å². The molecule has 0 unspecified atom stereocenters. The molecule has 0 aliphatic heterocycles. The molecule has 0 fully saturated rings. The lowest BCUT2D eigenvalue weighted by atomic mass is 9.97. The number of carbonyl (C=O) groups is 2. The summed E-state index contributed by atoms with van der Waals surface area (Å²) in [6.45, 7) is 2.02. The van der Waals surface area contributed by atoms with E-state index in [1.807, 2.05) is 79.0 Å². The Morgan fingerprint density at radius 2 is 1.54 bits per heavy atom. The predicted molar refractivity (Wildman–Crippen MR) is 147 cm³/mol. The normalized spacial score (nSPS) is 11.9. The quantitative estimate of drug-likeness (QED) is 0.280. The molecule has 2 amide bonds. The number of carbonyl (C=O) groups excluding carboxylic acids is 2. The van der Waals surface area contributed by atoms with Crippen LogP contribution in [-0.4, -0.2) is 26.0 Å². The SMILES string of the molecule is COc1ccc(C(=O)N/C(=C\c2cccs2)C(=O)N[C@H](c2ccccc2)c2ccc(C)cc2)cc1OC. The molecule has 0 aliphatic carbocycles. The number of hydrogen-bond acceptors (Lipinski definition) is 5. The number of methoxy groups -OCH3 is 2. The fourth-order valence-corrected chi connectivity index (χ4v) is 4.48. The molecule has 0 radical (unpaired) electrons. The summed E-state index contributed by atoms with van der Waals surface area (Å²) < 4.78 is 10.6. The van der Waals surface area contributed by atoms with Crippen molar-refractivity contribution in [1.29, 1.82) is 0 Å². The Labute approximate surface area is 220 Å². The standard InChI is InChI=1S/C30H28N2O4S/c1-20-11-13-22(14-12-20)28(21-8-5-4-6-9-21)32-30(34)25(19-24-10-7-17-37-24)31-29(33)23-15-16-26(35-2)27(18-23)36-3/h4-19,28H,1-3H3,(H,31,33)(H,32,34)/b25-19-/t28-/m1/s1. The van der Waals surface area contributed by atoms with Crippen molar-refractivity contribution >= 4 is 29.2 Å². The lowest BCUT2D eigenvalue weighted by Crippen LogP contribution is -2.37. The van der Waals surface area contributed by atoms with Gasteiger partial charge in [0.15, 0.2) is 11.5 Å². The molecule has 1 heterocycles. The van der Waals surface area contributed by atoms with E-state index in [-0.39, 0.29) is 5.70 Å². The van der Waals surface area contributed by atoms with E-state index < -0.39 is 17.9 Å². The highest BCUT2D eigenvalue weighted by Gasteiger charge is 2.22. The van der Waals surface area contributed by atoms with Crippen LogP contribution in [0.1, 0.15) is 38.0 Å². The fraction of sp³-hybridized carbons (Fsp3) is 0.133. The van der Waals surface area contributed by atoms with Crippen molar-refractivity contribution in [2.45, 2.75) is 13.0 Å². The van der Waals surface area contributed by atoms with Gasteiger partial charge in [-0.15, -0.1) is 11.3 Å². The highest BCUT2D eigenvalue weighted by atomic mass is 32.1. The van der Waals surface area contributed by atoms with Crippen LogP contribution in [0.5, 0.6) is 11.5 Å². The van der Waals surface area contributed by atoms with Crippen molar-refractivity contribution < 1.29 is 19.1 Å². The van der Waals surface area contributed by atoms with Gasteiger partial charge in [-0.05, 0) is 53.8 Å². The van der Waals surface area contributed by atoms with Gasteiger partial charge in [0.05, 0.1) is 20.3 Å². The number of nitrogens with one attached hydrogen (secondary N) is 2. The molecule has 1 aromatic heterocycles. The van der Waals surface area contributed by atoms with Gasteiger partial charge < -0.3 is 20.1 Å². The lowest BCUT2D eigenvalue weighted by Gasteiger charge is -2.21. The summed E-state index contributed by atoms with van der Waals surface area (Å²) in [5, 5.41) is 7.83. The fourth-order valence-electron chi connectivity index (χ4n) is 3.82. The third-order valence-corrected chi connectivity index (χ3v) is 6.61. The van der Waals surface area contributed by atoms with Crippen molar-refractivity contribution in [2.24, 2.45) is 0 Å². The molecule has 37 heavy (non-hydrogen) atoms. The molecule has 188 valence electrons. The third kappa shape index (κ3) is 6.45. The van der Waals surface area contributed by atoms with Gasteiger partial charge in [-0.1, -0.05) is 66.2 Å². The molecule has 2 N–H and O–H groups in total. The van der Waals surface area contributed by atoms with Crippen LogP contribution in [0, 0.1) is 6.92 Å². The first-order valence-electron chi connectivity index (χ1n) is 11.7. The van der Waals surface area contributed by atoms with Crippen LogP contribution in [0.3, 0.4) is 0 Å². The topological polar surface area (TPSA) is 76.7 Å². The van der Waals surface area contributed by atoms with Crippen molar-refractivity contribution in [3.05, 3.63) is 123 Å². The smallest absolute Gasteiger partial charge is 0.268 e. The number of ether oxygens (including phenoxy) is 2. The van der Waals surface area contributed by atoms with Crippen LogP contribution >= 0.6 is 11.3 Å². The Bertz CT molecular complexity index is 1380. The van der Waals surface area contributed by atoms with E-state index in [4.69, 9.17) is 9.47 Å². The zero-order chi connectivity index (χ0) is 26.2. The molecule has 4 aromatic rings. The monoisotopic (exact) mass is 512 g/mol. The van der Waals surface area contributed by atoms with Gasteiger partial charge in [0, 0.05) is 10.4 Å². The van der Waals surface area contributed by atoms with Gasteiger partial charge >= 0.3 is 0 Å². The van der Waals surface area contributed by atoms with Crippen molar-refractivity contribution in [2.75, 3.05) is 14.2 Å². The van der Waals surface area contributed by atoms with Gasteiger partial charge in [0.1, 0.15) is 5.70 Å². The Hall–Kier alpha value is -4.36. The van der Waals surface area contributed by atoms with Gasteiger partial charge in [0.2, 0.25) is 0 Å². The number of amides is 2. The number of rotatable bonds is 9. The molecule has 6 nitrogen and oxygen atoms in total. The molecule has 0 aliphatic rings. The van der Waals surface area contributed by atoms with Crippen LogP contribution in [0.2, 0.25) is 0 Å². The van der Waals surface area contributed by atoms with E-state index in [9.17, 15) is 9.59 Å². The number of hydrogen-bond donors (Lipinski definition) is 2. The second-order valence-corrected chi connectivity index (χ2v) is 9.30. The second kappa shape index (κ2) is 12.1. The van der Waals surface area contributed by atoms with Crippen molar-refractivity contribution in [3.63, 3.8) is 0 Å². The zero-order valence-electron chi connectivity index (χ0n) is 20.9. The van der Waals surface area contributed by atoms with Crippen LogP contribution in [0.25, 0.3) is 6.08 Å². The summed E-state index contributed by atoms with van der Waals surface area (Å²) in [6, 6.07) is 26.0. The van der Waals surface area contributed by atoms with Crippen LogP contribution in [0.15, 0.2) is 96.0 Å². The highest BCUT2D eigenvalue weighted by Crippen LogP contribution is 2.28. The van der Waals surface area contributed by atoms with Gasteiger partial charge in [-0.2, -0.15) is 0 Å². The summed E-state index contributed by atoms with van der Waals surface area (Å²) in [7, 11) is 3.03. The first-order valence-corrected chi connectivity index (χ1v) is 12.6. The summed E-state index contributed by atoms with van der Waals surface area (Å²) in [6.07, 6.45) is 1.68. The summed E-state index contributed by atoms with van der Waals surface area (Å²) in [4.78, 5) is 27.7. The van der Waals surface area contributed by atoms with Gasteiger partial charge in [-0.25, -0.2) is 0 Å². The Balaban J connectivity index is 1.65. The van der Waals surface area contributed by atoms with Crippen molar-refractivity contribution in [3.8, 4) is 11.5 Å². The van der Waals surface area contributed by atoms with Crippen LogP contribution in [-0.2, 0) is 4.79 Å². The minimum Gasteiger partial charge on any atom is -0.493 e. The summed E-state index contributed by atoms with van der Waals surface area (Å²) in [5.41, 5.74) is 3.46. The van der Waals surface area contributed by atoms with Gasteiger partial charge in [-0.3, -0.25) is 9.59 Å².